The number of nitrogens with one attached hydrogen (secondary N) is 1. The monoisotopic (exact) mass is 322 g/mol. The normalized spacial score (nSPS) is 12.0. The van der Waals surface area contributed by atoms with Gasteiger partial charge in [-0.05, 0) is 12.0 Å². The highest BCUT2D eigenvalue weighted by atomic mass is 16.1. The highest BCUT2D eigenvalue weighted by Gasteiger charge is 2.25. The molecular formula is C21H24NO2+. The van der Waals surface area contributed by atoms with Gasteiger partial charge >= 0.3 is 0 Å². The Morgan fingerprint density at radius 3 is 1.92 bits per heavy atom. The number of carbonyl (C=O) groups is 2. The summed E-state index contributed by atoms with van der Waals surface area (Å²) in [5.41, 5.74) is 1.78. The van der Waals surface area contributed by atoms with Crippen LogP contribution in [0.5, 0.6) is 0 Å². The van der Waals surface area contributed by atoms with E-state index in [1.807, 2.05) is 62.6 Å². The smallest absolute Gasteiger partial charge is 0.188 e. The van der Waals surface area contributed by atoms with E-state index in [1.165, 1.54) is 4.90 Å². The molecule has 2 aromatic rings. The molecule has 0 unspecified atom stereocenters. The van der Waals surface area contributed by atoms with Gasteiger partial charge in [-0.3, -0.25) is 9.59 Å². The molecular weight excluding hydrogens is 298 g/mol. The minimum Gasteiger partial charge on any atom is -0.339 e. The summed E-state index contributed by atoms with van der Waals surface area (Å²) in [5.74, 6) is -0.272. The van der Waals surface area contributed by atoms with Crippen molar-refractivity contribution < 1.29 is 14.5 Å². The van der Waals surface area contributed by atoms with Crippen molar-refractivity contribution in [2.75, 3.05) is 20.6 Å². The van der Waals surface area contributed by atoms with Gasteiger partial charge in [-0.15, -0.1) is 0 Å². The maximum absolute atomic E-state index is 12.8. The third kappa shape index (κ3) is 4.74. The summed E-state index contributed by atoms with van der Waals surface area (Å²) in [7, 11) is 4.01. The number of carbonyl (C=O) groups excluding carboxylic acids is 2. The Kier molecular flexibility index (Phi) is 6.21. The van der Waals surface area contributed by atoms with E-state index in [4.69, 9.17) is 0 Å². The van der Waals surface area contributed by atoms with Crippen LogP contribution in [0.2, 0.25) is 0 Å². The molecule has 0 aliphatic rings. The van der Waals surface area contributed by atoms with E-state index < -0.39 is 0 Å². The molecule has 2 rings (SSSR count). The van der Waals surface area contributed by atoms with Crippen LogP contribution >= 0.6 is 0 Å². The first-order valence-corrected chi connectivity index (χ1v) is 8.15. The topological polar surface area (TPSA) is 38.6 Å². The number of allylic oxidation sites excluding steroid dienone is 1. The summed E-state index contributed by atoms with van der Waals surface area (Å²) in [5, 5.41) is 0. The zero-order valence-corrected chi connectivity index (χ0v) is 14.3. The largest absolute Gasteiger partial charge is 0.339 e. The molecule has 0 aliphatic carbocycles. The van der Waals surface area contributed by atoms with Crippen LogP contribution in [-0.2, 0) is 0 Å². The van der Waals surface area contributed by atoms with Crippen molar-refractivity contribution in [3.05, 3.63) is 83.9 Å². The maximum atomic E-state index is 12.8. The van der Waals surface area contributed by atoms with Gasteiger partial charge in [0.2, 0.25) is 0 Å². The molecule has 2 aromatic carbocycles. The Hall–Kier alpha value is -2.52. The van der Waals surface area contributed by atoms with Crippen molar-refractivity contribution in [3.8, 4) is 0 Å². The molecule has 24 heavy (non-hydrogen) atoms. The van der Waals surface area contributed by atoms with E-state index >= 15 is 0 Å². The minimum atomic E-state index is -0.252. The second kappa shape index (κ2) is 8.37. The standard InChI is InChI=1S/C21H23NO2/c1-16(20(23)17-10-6-4-7-11-17)14-19(15-22(2)3)21(24)18-12-8-5-9-13-18/h4-13,19H,1,14-15H2,2-3H3/p+1/t19-/m1/s1. The van der Waals surface area contributed by atoms with Gasteiger partial charge in [0.25, 0.3) is 0 Å². The molecule has 0 radical (unpaired) electrons. The SMILES string of the molecule is C=C(C[C@H](C[NH+](C)C)C(=O)c1ccccc1)C(=O)c1ccccc1. The third-order valence-electron chi connectivity index (χ3n) is 3.93. The predicted octanol–water partition coefficient (Wildman–Crippen LogP) is 2.46. The fourth-order valence-electron chi connectivity index (χ4n) is 2.77. The lowest BCUT2D eigenvalue weighted by molar-refractivity contribution is -0.860. The summed E-state index contributed by atoms with van der Waals surface area (Å²) in [4.78, 5) is 26.5. The molecule has 1 N–H and O–H groups in total. The highest BCUT2D eigenvalue weighted by molar-refractivity contribution is 6.09. The van der Waals surface area contributed by atoms with E-state index in [0.29, 0.717) is 29.7 Å². The summed E-state index contributed by atoms with van der Waals surface area (Å²) in [6.45, 7) is 4.60. The first kappa shape index (κ1) is 17.8. The number of hydrogen-bond acceptors (Lipinski definition) is 2. The molecule has 3 nitrogen and oxygen atoms in total. The third-order valence-corrected chi connectivity index (χ3v) is 3.93. The zero-order valence-electron chi connectivity index (χ0n) is 14.3. The van der Waals surface area contributed by atoms with Crippen LogP contribution in [0.25, 0.3) is 0 Å². The number of Topliss-reactive ketones (excluding diaryl/α,β-unsaturated/α-hetero) is 2. The van der Waals surface area contributed by atoms with Crippen LogP contribution < -0.4 is 4.90 Å². The lowest BCUT2D eigenvalue weighted by Gasteiger charge is -2.19. The van der Waals surface area contributed by atoms with Gasteiger partial charge in [-0.25, -0.2) is 0 Å². The molecule has 0 fully saturated rings. The average Bonchev–Trinajstić information content (AvgIpc) is 2.61. The molecule has 3 heteroatoms. The van der Waals surface area contributed by atoms with E-state index in [0.717, 1.165) is 0 Å². The van der Waals surface area contributed by atoms with Crippen LogP contribution in [0.15, 0.2) is 72.8 Å². The lowest BCUT2D eigenvalue weighted by atomic mass is 9.88. The molecule has 0 aromatic heterocycles. The minimum absolute atomic E-state index is 0.0683. The molecule has 1 atom stereocenters. The van der Waals surface area contributed by atoms with E-state index in [-0.39, 0.29) is 17.5 Å². The van der Waals surface area contributed by atoms with Crippen molar-refractivity contribution in [1.82, 2.24) is 0 Å². The molecule has 0 bridgehead atoms. The van der Waals surface area contributed by atoms with Crippen molar-refractivity contribution in [2.24, 2.45) is 5.92 Å². The van der Waals surface area contributed by atoms with Crippen LogP contribution in [0.4, 0.5) is 0 Å². The predicted molar refractivity (Wildman–Crippen MR) is 96.5 cm³/mol. The van der Waals surface area contributed by atoms with E-state index in [2.05, 4.69) is 6.58 Å². The summed E-state index contributed by atoms with van der Waals surface area (Å²) >= 11 is 0. The van der Waals surface area contributed by atoms with Gasteiger partial charge < -0.3 is 4.90 Å². The van der Waals surface area contributed by atoms with Crippen LogP contribution in [0.1, 0.15) is 27.1 Å². The van der Waals surface area contributed by atoms with Gasteiger partial charge in [-0.2, -0.15) is 0 Å². The van der Waals surface area contributed by atoms with Gasteiger partial charge in [-0.1, -0.05) is 67.2 Å². The molecule has 0 saturated heterocycles. The van der Waals surface area contributed by atoms with E-state index in [1.54, 1.807) is 12.1 Å². The van der Waals surface area contributed by atoms with Gasteiger partial charge in [0.05, 0.1) is 26.6 Å². The number of ketones is 2. The molecule has 0 aliphatic heterocycles. The van der Waals surface area contributed by atoms with Crippen LogP contribution in [-0.4, -0.2) is 32.2 Å². The zero-order chi connectivity index (χ0) is 17.5. The Morgan fingerprint density at radius 1 is 0.917 bits per heavy atom. The second-order valence-corrected chi connectivity index (χ2v) is 6.34. The highest BCUT2D eigenvalue weighted by Crippen LogP contribution is 2.19. The van der Waals surface area contributed by atoms with Crippen molar-refractivity contribution in [1.29, 1.82) is 0 Å². The Labute approximate surface area is 143 Å². The Bertz CT molecular complexity index is 705. The molecule has 124 valence electrons. The molecule has 0 spiro atoms. The van der Waals surface area contributed by atoms with Crippen molar-refractivity contribution >= 4 is 11.6 Å². The van der Waals surface area contributed by atoms with Crippen LogP contribution in [0, 0.1) is 5.92 Å². The van der Waals surface area contributed by atoms with Crippen molar-refractivity contribution in [3.63, 3.8) is 0 Å². The van der Waals surface area contributed by atoms with Crippen LogP contribution in [0.3, 0.4) is 0 Å². The average molecular weight is 322 g/mol. The number of benzene rings is 2. The number of quaternary nitrogens is 1. The fourth-order valence-corrected chi connectivity index (χ4v) is 2.77. The summed E-state index contributed by atoms with van der Waals surface area (Å²) < 4.78 is 0. The number of hydrogen-bond donors (Lipinski definition) is 1. The Morgan fingerprint density at radius 2 is 1.42 bits per heavy atom. The van der Waals surface area contributed by atoms with Gasteiger partial charge in [0.15, 0.2) is 11.6 Å². The van der Waals surface area contributed by atoms with Gasteiger partial charge in [0.1, 0.15) is 0 Å². The quantitative estimate of drug-likeness (QED) is 0.599. The van der Waals surface area contributed by atoms with Crippen molar-refractivity contribution in [2.45, 2.75) is 6.42 Å². The van der Waals surface area contributed by atoms with E-state index in [9.17, 15) is 9.59 Å². The molecule has 0 heterocycles. The second-order valence-electron chi connectivity index (χ2n) is 6.34. The van der Waals surface area contributed by atoms with Gasteiger partial charge in [0, 0.05) is 11.1 Å². The molecule has 0 saturated carbocycles. The molecule has 0 amide bonds. The Balaban J connectivity index is 2.15. The summed E-state index contributed by atoms with van der Waals surface area (Å²) in [6, 6.07) is 18.3. The first-order chi connectivity index (χ1) is 11.5. The maximum Gasteiger partial charge on any atom is 0.188 e. The summed E-state index contributed by atoms with van der Waals surface area (Å²) in [6.07, 6.45) is 0.382. The first-order valence-electron chi connectivity index (χ1n) is 8.15. The lowest BCUT2D eigenvalue weighted by Crippen LogP contribution is -3.06. The fraction of sp³-hybridized carbons (Fsp3) is 0.238. The number of rotatable bonds is 8.